The fourth-order valence-corrected chi connectivity index (χ4v) is 1.77. The van der Waals surface area contributed by atoms with Gasteiger partial charge in [0.25, 0.3) is 0 Å². The summed E-state index contributed by atoms with van der Waals surface area (Å²) in [6.07, 6.45) is 3.80. The number of benzene rings is 1. The van der Waals surface area contributed by atoms with E-state index in [2.05, 4.69) is 33.3 Å². The van der Waals surface area contributed by atoms with Gasteiger partial charge in [-0.15, -0.1) is 0 Å². The lowest BCUT2D eigenvalue weighted by Gasteiger charge is -2.01. The number of nitrogens with zero attached hydrogens (tertiary/aromatic N) is 2. The Kier molecular flexibility index (Phi) is 3.06. The van der Waals surface area contributed by atoms with Crippen LogP contribution in [0.5, 0.6) is 0 Å². The second-order valence-electron chi connectivity index (χ2n) is 3.18. The quantitative estimate of drug-likeness (QED) is 0.925. The molecule has 0 spiro atoms. The van der Waals surface area contributed by atoms with Gasteiger partial charge in [0.15, 0.2) is 0 Å². The SMILES string of the molecule is CCNc1cnn(-c2cccc(Br)c2)c1. The average molecular weight is 266 g/mol. The van der Waals surface area contributed by atoms with E-state index in [1.165, 1.54) is 0 Å². The van der Waals surface area contributed by atoms with Crippen LogP contribution >= 0.6 is 15.9 Å². The zero-order valence-electron chi connectivity index (χ0n) is 8.44. The summed E-state index contributed by atoms with van der Waals surface area (Å²) in [4.78, 5) is 0. The lowest BCUT2D eigenvalue weighted by Crippen LogP contribution is -1.95. The molecule has 0 aliphatic carbocycles. The molecule has 1 N–H and O–H groups in total. The summed E-state index contributed by atoms with van der Waals surface area (Å²) in [5, 5.41) is 7.50. The van der Waals surface area contributed by atoms with Crippen molar-refractivity contribution in [2.45, 2.75) is 6.92 Å². The largest absolute Gasteiger partial charge is 0.383 e. The maximum atomic E-state index is 4.28. The van der Waals surface area contributed by atoms with Crippen molar-refractivity contribution < 1.29 is 0 Å². The Morgan fingerprint density at radius 1 is 1.47 bits per heavy atom. The Balaban J connectivity index is 2.29. The van der Waals surface area contributed by atoms with Gasteiger partial charge in [-0.1, -0.05) is 22.0 Å². The third kappa shape index (κ3) is 2.39. The number of aromatic nitrogens is 2. The highest BCUT2D eigenvalue weighted by Crippen LogP contribution is 2.16. The average Bonchev–Trinajstić information content (AvgIpc) is 2.67. The Hall–Kier alpha value is -1.29. The van der Waals surface area contributed by atoms with Crippen LogP contribution < -0.4 is 5.32 Å². The van der Waals surface area contributed by atoms with Crippen molar-refractivity contribution in [3.8, 4) is 5.69 Å². The first kappa shape index (κ1) is 10.2. The highest BCUT2D eigenvalue weighted by Gasteiger charge is 1.99. The van der Waals surface area contributed by atoms with Crippen LogP contribution in [0.15, 0.2) is 41.1 Å². The monoisotopic (exact) mass is 265 g/mol. The smallest absolute Gasteiger partial charge is 0.0731 e. The lowest BCUT2D eigenvalue weighted by molar-refractivity contribution is 0.880. The second kappa shape index (κ2) is 4.49. The van der Waals surface area contributed by atoms with E-state index < -0.39 is 0 Å². The third-order valence-electron chi connectivity index (χ3n) is 2.04. The number of halogens is 1. The summed E-state index contributed by atoms with van der Waals surface area (Å²) in [5.41, 5.74) is 2.09. The predicted molar refractivity (Wildman–Crippen MR) is 65.4 cm³/mol. The standard InChI is InChI=1S/C11H12BrN3/c1-2-13-10-7-14-15(8-10)11-5-3-4-9(12)6-11/h3-8,13H,2H2,1H3. The lowest BCUT2D eigenvalue weighted by atomic mass is 10.3. The fraction of sp³-hybridized carbons (Fsp3) is 0.182. The molecule has 4 heteroatoms. The van der Waals surface area contributed by atoms with Gasteiger partial charge in [0.1, 0.15) is 0 Å². The molecule has 1 aromatic carbocycles. The predicted octanol–water partition coefficient (Wildman–Crippen LogP) is 3.07. The van der Waals surface area contributed by atoms with E-state index >= 15 is 0 Å². The Morgan fingerprint density at radius 2 is 2.33 bits per heavy atom. The van der Waals surface area contributed by atoms with Crippen molar-refractivity contribution in [1.82, 2.24) is 9.78 Å². The molecule has 0 aliphatic rings. The number of rotatable bonds is 3. The maximum absolute atomic E-state index is 4.28. The Bertz CT molecular complexity index is 451. The van der Waals surface area contributed by atoms with E-state index in [0.29, 0.717) is 0 Å². The summed E-state index contributed by atoms with van der Waals surface area (Å²) in [6.45, 7) is 2.97. The molecular formula is C11H12BrN3. The van der Waals surface area contributed by atoms with Crippen LogP contribution in [0.1, 0.15) is 6.92 Å². The van der Waals surface area contributed by atoms with Gasteiger partial charge in [-0.2, -0.15) is 5.10 Å². The first-order valence-corrected chi connectivity index (χ1v) is 5.63. The van der Waals surface area contributed by atoms with Gasteiger partial charge in [-0.3, -0.25) is 0 Å². The minimum atomic E-state index is 0.907. The number of anilines is 1. The maximum Gasteiger partial charge on any atom is 0.0731 e. The van der Waals surface area contributed by atoms with E-state index in [0.717, 1.165) is 22.4 Å². The van der Waals surface area contributed by atoms with Crippen LogP contribution in [0.25, 0.3) is 5.69 Å². The van der Waals surface area contributed by atoms with Crippen molar-refractivity contribution in [3.05, 3.63) is 41.1 Å². The number of nitrogens with one attached hydrogen (secondary N) is 1. The van der Waals surface area contributed by atoms with Gasteiger partial charge in [0.05, 0.1) is 23.8 Å². The molecule has 0 bridgehead atoms. The molecule has 3 nitrogen and oxygen atoms in total. The van der Waals surface area contributed by atoms with Crippen molar-refractivity contribution in [2.75, 3.05) is 11.9 Å². The Labute approximate surface area is 97.2 Å². The van der Waals surface area contributed by atoms with E-state index in [1.807, 2.05) is 41.3 Å². The van der Waals surface area contributed by atoms with Gasteiger partial charge in [-0.25, -0.2) is 4.68 Å². The molecule has 0 fully saturated rings. The molecule has 0 saturated carbocycles. The van der Waals surface area contributed by atoms with Crippen LogP contribution in [0, 0.1) is 0 Å². The second-order valence-corrected chi connectivity index (χ2v) is 4.10. The third-order valence-corrected chi connectivity index (χ3v) is 2.53. The van der Waals surface area contributed by atoms with Gasteiger partial charge in [0, 0.05) is 11.0 Å². The van der Waals surface area contributed by atoms with Gasteiger partial charge in [-0.05, 0) is 25.1 Å². The highest BCUT2D eigenvalue weighted by molar-refractivity contribution is 9.10. The van der Waals surface area contributed by atoms with E-state index in [-0.39, 0.29) is 0 Å². The number of hydrogen-bond acceptors (Lipinski definition) is 2. The molecule has 78 valence electrons. The molecule has 2 aromatic rings. The zero-order chi connectivity index (χ0) is 10.7. The fourth-order valence-electron chi connectivity index (χ4n) is 1.38. The molecule has 0 radical (unpaired) electrons. The molecule has 1 aromatic heterocycles. The summed E-state index contributed by atoms with van der Waals surface area (Å²) in [6, 6.07) is 8.04. The van der Waals surface area contributed by atoms with Crippen LogP contribution in [-0.2, 0) is 0 Å². The van der Waals surface area contributed by atoms with Crippen molar-refractivity contribution >= 4 is 21.6 Å². The van der Waals surface area contributed by atoms with E-state index in [1.54, 1.807) is 0 Å². The van der Waals surface area contributed by atoms with Gasteiger partial charge < -0.3 is 5.32 Å². The minimum Gasteiger partial charge on any atom is -0.383 e. The minimum absolute atomic E-state index is 0.907. The molecule has 0 aliphatic heterocycles. The molecule has 15 heavy (non-hydrogen) atoms. The summed E-state index contributed by atoms with van der Waals surface area (Å²) in [7, 11) is 0. The molecule has 1 heterocycles. The van der Waals surface area contributed by atoms with Crippen LogP contribution in [0.3, 0.4) is 0 Å². The topological polar surface area (TPSA) is 29.9 Å². The van der Waals surface area contributed by atoms with Crippen molar-refractivity contribution in [3.63, 3.8) is 0 Å². The molecule has 0 unspecified atom stereocenters. The van der Waals surface area contributed by atoms with Gasteiger partial charge in [0.2, 0.25) is 0 Å². The number of hydrogen-bond donors (Lipinski definition) is 1. The molecular weight excluding hydrogens is 254 g/mol. The van der Waals surface area contributed by atoms with Crippen molar-refractivity contribution in [1.29, 1.82) is 0 Å². The first-order valence-electron chi connectivity index (χ1n) is 4.84. The normalized spacial score (nSPS) is 10.3. The Morgan fingerprint density at radius 3 is 3.07 bits per heavy atom. The van der Waals surface area contributed by atoms with Crippen LogP contribution in [0.2, 0.25) is 0 Å². The summed E-state index contributed by atoms with van der Waals surface area (Å²) >= 11 is 3.44. The van der Waals surface area contributed by atoms with Crippen LogP contribution in [0.4, 0.5) is 5.69 Å². The highest BCUT2D eigenvalue weighted by atomic mass is 79.9. The van der Waals surface area contributed by atoms with E-state index in [9.17, 15) is 0 Å². The molecule has 0 saturated heterocycles. The molecule has 2 rings (SSSR count). The summed E-state index contributed by atoms with van der Waals surface area (Å²) in [5.74, 6) is 0. The van der Waals surface area contributed by atoms with E-state index in [4.69, 9.17) is 0 Å². The first-order chi connectivity index (χ1) is 7.29. The van der Waals surface area contributed by atoms with Crippen molar-refractivity contribution in [2.24, 2.45) is 0 Å². The molecule has 0 amide bonds. The summed E-state index contributed by atoms with van der Waals surface area (Å²) < 4.78 is 2.91. The zero-order valence-corrected chi connectivity index (χ0v) is 10.0. The molecule has 0 atom stereocenters. The van der Waals surface area contributed by atoms with Crippen LogP contribution in [-0.4, -0.2) is 16.3 Å². The van der Waals surface area contributed by atoms with Gasteiger partial charge >= 0.3 is 0 Å².